The third-order valence-electron chi connectivity index (χ3n) is 7.42. The summed E-state index contributed by atoms with van der Waals surface area (Å²) in [5.74, 6) is -2.58. The van der Waals surface area contributed by atoms with Crippen LogP contribution in [0.25, 0.3) is 12.2 Å². The standard InChI is InChI=1S/C32H32O15/c1-42-22-8-15(9-23(43-2)27(22)38)31-24(12-17-19(35)10-16(33)11-21(17)45-31)46-32-30(41)29(40)28(39)25(47-32)13-44-26(37)6-4-14-3-5-18(34)20(36)7-14/h3-12,25,28-36,38-41H,13H2,1-2H3. The van der Waals surface area contributed by atoms with E-state index in [4.69, 9.17) is 28.4 Å². The lowest BCUT2D eigenvalue weighted by Gasteiger charge is -2.41. The topological polar surface area (TPSA) is 234 Å². The number of ether oxygens (including phenoxy) is 6. The van der Waals surface area contributed by atoms with Gasteiger partial charge in [-0.3, -0.25) is 0 Å². The van der Waals surface area contributed by atoms with Gasteiger partial charge in [0.25, 0.3) is 0 Å². The van der Waals surface area contributed by atoms with Gasteiger partial charge in [-0.25, -0.2) is 4.79 Å². The number of carbonyl (C=O) groups excluding carboxylic acids is 1. The molecule has 15 nitrogen and oxygen atoms in total. The van der Waals surface area contributed by atoms with Crippen molar-refractivity contribution < 1.29 is 74.1 Å². The molecule has 250 valence electrons. The maximum Gasteiger partial charge on any atom is 0.330 e. The van der Waals surface area contributed by atoms with Crippen molar-refractivity contribution in [1.29, 1.82) is 0 Å². The molecule has 8 N–H and O–H groups in total. The maximum absolute atomic E-state index is 12.4. The highest BCUT2D eigenvalue weighted by atomic mass is 16.7. The average Bonchev–Trinajstić information content (AvgIpc) is 3.05. The molecule has 2 aliphatic heterocycles. The Morgan fingerprint density at radius 1 is 0.851 bits per heavy atom. The smallest absolute Gasteiger partial charge is 0.330 e. The Morgan fingerprint density at radius 3 is 2.21 bits per heavy atom. The van der Waals surface area contributed by atoms with Crippen LogP contribution in [-0.4, -0.2) is 98.4 Å². The van der Waals surface area contributed by atoms with Gasteiger partial charge in [-0.05, 0) is 42.0 Å². The van der Waals surface area contributed by atoms with Crippen molar-refractivity contribution in [1.82, 2.24) is 0 Å². The van der Waals surface area contributed by atoms with Crippen LogP contribution in [0.15, 0.2) is 54.3 Å². The van der Waals surface area contributed by atoms with E-state index in [1.165, 1.54) is 62.8 Å². The van der Waals surface area contributed by atoms with Gasteiger partial charge in [-0.1, -0.05) is 6.07 Å². The zero-order valence-electron chi connectivity index (χ0n) is 24.9. The number of methoxy groups -OCH3 is 2. The summed E-state index contributed by atoms with van der Waals surface area (Å²) in [6.45, 7) is -0.580. The minimum absolute atomic E-state index is 0.0116. The number of aromatic hydroxyl groups is 5. The van der Waals surface area contributed by atoms with E-state index in [-0.39, 0.29) is 57.3 Å². The summed E-state index contributed by atoms with van der Waals surface area (Å²) < 4.78 is 33.4. The van der Waals surface area contributed by atoms with E-state index in [9.17, 15) is 45.6 Å². The minimum Gasteiger partial charge on any atom is -0.508 e. The van der Waals surface area contributed by atoms with Crippen LogP contribution in [-0.2, 0) is 19.0 Å². The summed E-state index contributed by atoms with van der Waals surface area (Å²) >= 11 is 0. The lowest BCUT2D eigenvalue weighted by atomic mass is 9.98. The number of phenols is 5. The van der Waals surface area contributed by atoms with Crippen LogP contribution in [0.5, 0.6) is 46.0 Å². The summed E-state index contributed by atoms with van der Waals surface area (Å²) in [7, 11) is 2.64. The molecule has 47 heavy (non-hydrogen) atoms. The van der Waals surface area contributed by atoms with Gasteiger partial charge < -0.3 is 69.3 Å². The molecular weight excluding hydrogens is 624 g/mol. The largest absolute Gasteiger partial charge is 0.508 e. The van der Waals surface area contributed by atoms with Crippen LogP contribution in [0.3, 0.4) is 0 Å². The van der Waals surface area contributed by atoms with Crippen molar-refractivity contribution in [2.24, 2.45) is 0 Å². The van der Waals surface area contributed by atoms with Crippen LogP contribution >= 0.6 is 0 Å². The monoisotopic (exact) mass is 656 g/mol. The van der Waals surface area contributed by atoms with Gasteiger partial charge in [0.2, 0.25) is 12.0 Å². The molecule has 1 fully saturated rings. The molecule has 6 atom stereocenters. The van der Waals surface area contributed by atoms with E-state index in [2.05, 4.69) is 0 Å². The van der Waals surface area contributed by atoms with Crippen molar-refractivity contribution in [2.75, 3.05) is 20.8 Å². The predicted octanol–water partition coefficient (Wildman–Crippen LogP) is 1.79. The number of benzene rings is 3. The van der Waals surface area contributed by atoms with Crippen LogP contribution in [0.2, 0.25) is 0 Å². The van der Waals surface area contributed by atoms with Crippen LogP contribution in [0, 0.1) is 0 Å². The van der Waals surface area contributed by atoms with E-state index in [0.717, 1.165) is 12.1 Å². The Hall–Kier alpha value is -5.35. The van der Waals surface area contributed by atoms with Crippen molar-refractivity contribution in [3.8, 4) is 46.0 Å². The Labute approximate surface area is 266 Å². The van der Waals surface area contributed by atoms with Gasteiger partial charge in [0, 0.05) is 23.8 Å². The first-order valence-electron chi connectivity index (χ1n) is 14.0. The molecule has 0 radical (unpaired) electrons. The zero-order chi connectivity index (χ0) is 34.0. The van der Waals surface area contributed by atoms with Crippen molar-refractivity contribution in [3.63, 3.8) is 0 Å². The summed E-state index contributed by atoms with van der Waals surface area (Å²) in [4.78, 5) is 12.4. The highest BCUT2D eigenvalue weighted by Gasteiger charge is 2.46. The molecule has 0 spiro atoms. The van der Waals surface area contributed by atoms with Crippen molar-refractivity contribution in [2.45, 2.75) is 36.8 Å². The Morgan fingerprint density at radius 2 is 1.55 bits per heavy atom. The normalized spacial score (nSPS) is 23.7. The second-order valence-electron chi connectivity index (χ2n) is 10.5. The number of hydrogen-bond acceptors (Lipinski definition) is 15. The SMILES string of the molecule is COc1cc(C2Oc3cc(O)cc(O)c3C=C2OC2OC(COC(=O)C=Cc3ccc(O)c(O)c3)C(O)C(O)C2O)cc(OC)c1O. The lowest BCUT2D eigenvalue weighted by Crippen LogP contribution is -2.59. The first kappa shape index (κ1) is 33.0. The van der Waals surface area contributed by atoms with Gasteiger partial charge in [0.15, 0.2) is 29.1 Å². The number of esters is 1. The number of fused-ring (bicyclic) bond motifs is 1. The molecule has 15 heteroatoms. The number of hydrogen-bond donors (Lipinski definition) is 8. The number of aliphatic hydroxyl groups excluding tert-OH is 3. The number of carbonyl (C=O) groups is 1. The second kappa shape index (κ2) is 13.6. The fraction of sp³-hybridized carbons (Fsp3) is 0.281. The molecule has 5 rings (SSSR count). The molecular formula is C32H32O15. The van der Waals surface area contributed by atoms with Gasteiger partial charge in [-0.2, -0.15) is 0 Å². The Kier molecular flexibility index (Phi) is 9.53. The predicted molar refractivity (Wildman–Crippen MR) is 160 cm³/mol. The highest BCUT2D eigenvalue weighted by Crippen LogP contribution is 2.47. The van der Waals surface area contributed by atoms with E-state index in [1.54, 1.807) is 0 Å². The average molecular weight is 657 g/mol. The van der Waals surface area contributed by atoms with Crippen LogP contribution in [0.4, 0.5) is 0 Å². The molecule has 3 aromatic carbocycles. The number of aliphatic hydroxyl groups is 3. The summed E-state index contributed by atoms with van der Waals surface area (Å²) in [5, 5.41) is 82.0. The molecule has 1 saturated heterocycles. The first-order chi connectivity index (χ1) is 22.4. The van der Waals surface area contributed by atoms with Gasteiger partial charge in [0.1, 0.15) is 54.0 Å². The van der Waals surface area contributed by atoms with Gasteiger partial charge >= 0.3 is 5.97 Å². The van der Waals surface area contributed by atoms with Crippen LogP contribution in [0.1, 0.15) is 22.8 Å². The quantitative estimate of drug-likeness (QED) is 0.0931. The number of rotatable bonds is 9. The van der Waals surface area contributed by atoms with Gasteiger partial charge in [0.05, 0.1) is 19.8 Å². The molecule has 0 amide bonds. The molecule has 3 aromatic rings. The zero-order valence-corrected chi connectivity index (χ0v) is 24.9. The third kappa shape index (κ3) is 6.92. The number of phenolic OH excluding ortho intramolecular Hbond substituents is 5. The van der Waals surface area contributed by atoms with E-state index in [0.29, 0.717) is 11.1 Å². The van der Waals surface area contributed by atoms with E-state index < -0.39 is 49.4 Å². The fourth-order valence-electron chi connectivity index (χ4n) is 4.94. The molecule has 0 saturated carbocycles. The highest BCUT2D eigenvalue weighted by molar-refractivity contribution is 5.87. The summed E-state index contributed by atoms with van der Waals surface area (Å²) in [6, 6.07) is 9.04. The lowest BCUT2D eigenvalue weighted by molar-refractivity contribution is -0.294. The molecule has 0 aliphatic carbocycles. The molecule has 2 aliphatic rings. The maximum atomic E-state index is 12.4. The second-order valence-corrected chi connectivity index (χ2v) is 10.5. The van der Waals surface area contributed by atoms with E-state index >= 15 is 0 Å². The minimum atomic E-state index is -1.82. The fourth-order valence-corrected chi connectivity index (χ4v) is 4.94. The van der Waals surface area contributed by atoms with Gasteiger partial charge in [-0.15, -0.1) is 0 Å². The van der Waals surface area contributed by atoms with E-state index in [1.807, 2.05) is 0 Å². The first-order valence-corrected chi connectivity index (χ1v) is 14.0. The third-order valence-corrected chi connectivity index (χ3v) is 7.42. The summed E-state index contributed by atoms with van der Waals surface area (Å²) in [6.07, 6.45) is -5.91. The van der Waals surface area contributed by atoms with Crippen LogP contribution < -0.4 is 14.2 Å². The molecule has 0 bridgehead atoms. The molecule has 6 unspecified atom stereocenters. The summed E-state index contributed by atoms with van der Waals surface area (Å²) in [5.41, 5.74) is 0.764. The Balaban J connectivity index is 1.39. The molecule has 0 aromatic heterocycles. The Bertz CT molecular complexity index is 1670. The van der Waals surface area contributed by atoms with Crippen molar-refractivity contribution in [3.05, 3.63) is 71.0 Å². The molecule has 2 heterocycles. The van der Waals surface area contributed by atoms with Crippen molar-refractivity contribution >= 4 is 18.1 Å².